The predicted octanol–water partition coefficient (Wildman–Crippen LogP) is 2.77. The minimum Gasteiger partial charge on any atom is -0.478 e. The van der Waals surface area contributed by atoms with Crippen molar-refractivity contribution in [2.75, 3.05) is 18.5 Å². The Morgan fingerprint density at radius 3 is 2.62 bits per heavy atom. The van der Waals surface area contributed by atoms with Gasteiger partial charge in [0, 0.05) is 12.7 Å². The maximum absolute atomic E-state index is 11.1. The van der Waals surface area contributed by atoms with Crippen molar-refractivity contribution < 1.29 is 19.6 Å². The molecule has 0 radical (unpaired) electrons. The van der Waals surface area contributed by atoms with Gasteiger partial charge in [-0.2, -0.15) is 0 Å². The molecule has 7 heteroatoms. The number of hydrogen-bond donors (Lipinski definition) is 2. The first-order valence-corrected chi connectivity index (χ1v) is 6.72. The van der Waals surface area contributed by atoms with Crippen molar-refractivity contribution in [1.82, 2.24) is 0 Å². The van der Waals surface area contributed by atoms with Gasteiger partial charge in [-0.15, -0.1) is 0 Å². The Morgan fingerprint density at radius 1 is 1.48 bits per heavy atom. The van der Waals surface area contributed by atoms with Gasteiger partial charge >= 0.3 is 5.97 Å². The largest absolute Gasteiger partial charge is 0.478 e. The van der Waals surface area contributed by atoms with E-state index in [0.717, 1.165) is 6.07 Å². The number of nitrogens with zero attached hydrogens (tertiary/aromatic N) is 1. The number of anilines is 1. The molecule has 0 saturated carbocycles. The number of ether oxygens (including phenoxy) is 1. The van der Waals surface area contributed by atoms with E-state index in [2.05, 4.69) is 5.32 Å². The van der Waals surface area contributed by atoms with Crippen LogP contribution < -0.4 is 5.32 Å². The third-order valence-electron chi connectivity index (χ3n) is 3.09. The molecule has 116 valence electrons. The summed E-state index contributed by atoms with van der Waals surface area (Å²) < 4.78 is 5.36. The summed E-state index contributed by atoms with van der Waals surface area (Å²) in [7, 11) is 0. The van der Waals surface area contributed by atoms with Gasteiger partial charge in [0.25, 0.3) is 5.69 Å². The van der Waals surface area contributed by atoms with Gasteiger partial charge in [0.1, 0.15) is 5.69 Å². The molecule has 1 rings (SSSR count). The van der Waals surface area contributed by atoms with Gasteiger partial charge in [-0.25, -0.2) is 4.79 Å². The van der Waals surface area contributed by atoms with Crippen LogP contribution in [0.25, 0.3) is 0 Å². The summed E-state index contributed by atoms with van der Waals surface area (Å²) in [6.45, 7) is 6.82. The molecule has 1 aromatic rings. The zero-order chi connectivity index (χ0) is 16.0. The van der Waals surface area contributed by atoms with Gasteiger partial charge < -0.3 is 15.2 Å². The van der Waals surface area contributed by atoms with Gasteiger partial charge in [0.05, 0.1) is 23.1 Å². The lowest BCUT2D eigenvalue weighted by molar-refractivity contribution is -0.384. The number of rotatable bonds is 8. The minimum atomic E-state index is -1.20. The van der Waals surface area contributed by atoms with E-state index >= 15 is 0 Å². The molecule has 0 aliphatic carbocycles. The van der Waals surface area contributed by atoms with Crippen LogP contribution in [0.1, 0.15) is 31.1 Å². The molecular formula is C14H20N2O5. The molecule has 0 aliphatic rings. The Bertz CT molecular complexity index is 516. The van der Waals surface area contributed by atoms with Crippen LogP contribution in [0.2, 0.25) is 0 Å². The van der Waals surface area contributed by atoms with Crippen molar-refractivity contribution >= 4 is 17.3 Å². The first-order valence-electron chi connectivity index (χ1n) is 6.72. The van der Waals surface area contributed by atoms with Crippen molar-refractivity contribution in [2.45, 2.75) is 26.8 Å². The smallest absolute Gasteiger partial charge is 0.335 e. The van der Waals surface area contributed by atoms with E-state index in [1.807, 2.05) is 20.8 Å². The van der Waals surface area contributed by atoms with E-state index in [-0.39, 0.29) is 23.2 Å². The highest BCUT2D eigenvalue weighted by atomic mass is 16.6. The first kappa shape index (κ1) is 16.9. The standard InChI is InChI=1S/C14H20N2O5/c1-4-21-8-12(9(2)3)15-11-6-5-10(14(17)18)7-13(11)16(19)20/h5-7,9,12,15H,4,8H2,1-3H3,(H,17,18). The third-order valence-corrected chi connectivity index (χ3v) is 3.09. The molecule has 0 saturated heterocycles. The molecule has 0 spiro atoms. The second-order valence-corrected chi connectivity index (χ2v) is 4.95. The van der Waals surface area contributed by atoms with Crippen molar-refractivity contribution in [1.29, 1.82) is 0 Å². The lowest BCUT2D eigenvalue weighted by atomic mass is 10.0. The summed E-state index contributed by atoms with van der Waals surface area (Å²) in [5, 5.41) is 23.1. The molecule has 7 nitrogen and oxygen atoms in total. The number of benzene rings is 1. The van der Waals surface area contributed by atoms with E-state index < -0.39 is 10.9 Å². The van der Waals surface area contributed by atoms with Crippen molar-refractivity contribution in [3.05, 3.63) is 33.9 Å². The van der Waals surface area contributed by atoms with E-state index in [9.17, 15) is 14.9 Å². The van der Waals surface area contributed by atoms with Crippen LogP contribution in [0.4, 0.5) is 11.4 Å². The number of nitro benzene ring substituents is 1. The summed E-state index contributed by atoms with van der Waals surface area (Å²) in [6, 6.07) is 3.72. The maximum atomic E-state index is 11.1. The summed E-state index contributed by atoms with van der Waals surface area (Å²) in [5.41, 5.74) is -0.0707. The van der Waals surface area contributed by atoms with E-state index in [1.54, 1.807) is 0 Å². The van der Waals surface area contributed by atoms with E-state index in [1.165, 1.54) is 12.1 Å². The molecule has 2 N–H and O–H groups in total. The normalized spacial score (nSPS) is 12.2. The van der Waals surface area contributed by atoms with Crippen LogP contribution in [0.5, 0.6) is 0 Å². The highest BCUT2D eigenvalue weighted by Gasteiger charge is 2.21. The molecule has 0 fully saturated rings. The number of carboxylic acid groups (broad SMARTS) is 1. The summed E-state index contributed by atoms with van der Waals surface area (Å²) in [5.74, 6) is -0.991. The fraction of sp³-hybridized carbons (Fsp3) is 0.500. The van der Waals surface area contributed by atoms with Gasteiger partial charge in [0.15, 0.2) is 0 Å². The number of carbonyl (C=O) groups is 1. The molecule has 0 bridgehead atoms. The maximum Gasteiger partial charge on any atom is 0.335 e. The Kier molecular flexibility index (Phi) is 6.10. The fourth-order valence-corrected chi connectivity index (χ4v) is 1.78. The summed E-state index contributed by atoms with van der Waals surface area (Å²) >= 11 is 0. The zero-order valence-corrected chi connectivity index (χ0v) is 12.3. The van der Waals surface area contributed by atoms with Crippen LogP contribution >= 0.6 is 0 Å². The summed E-state index contributed by atoms with van der Waals surface area (Å²) in [6.07, 6.45) is 0. The predicted molar refractivity (Wildman–Crippen MR) is 78.8 cm³/mol. The molecule has 1 atom stereocenters. The Balaban J connectivity index is 3.05. The SMILES string of the molecule is CCOCC(Nc1ccc(C(=O)O)cc1[N+](=O)[O-])C(C)C. The van der Waals surface area contributed by atoms with Crippen molar-refractivity contribution in [3.63, 3.8) is 0 Å². The number of nitro groups is 1. The lowest BCUT2D eigenvalue weighted by Gasteiger charge is -2.23. The number of nitrogens with one attached hydrogen (secondary N) is 1. The molecule has 21 heavy (non-hydrogen) atoms. The van der Waals surface area contributed by atoms with Crippen molar-refractivity contribution in [2.24, 2.45) is 5.92 Å². The highest BCUT2D eigenvalue weighted by molar-refractivity contribution is 5.89. The topological polar surface area (TPSA) is 102 Å². The summed E-state index contributed by atoms with van der Waals surface area (Å²) in [4.78, 5) is 21.4. The van der Waals surface area contributed by atoms with Crippen LogP contribution in [0.3, 0.4) is 0 Å². The van der Waals surface area contributed by atoms with Crippen LogP contribution in [-0.4, -0.2) is 35.3 Å². The van der Waals surface area contributed by atoms with Crippen LogP contribution in [0.15, 0.2) is 18.2 Å². The van der Waals surface area contributed by atoms with Gasteiger partial charge in [0.2, 0.25) is 0 Å². The zero-order valence-electron chi connectivity index (χ0n) is 12.3. The lowest BCUT2D eigenvalue weighted by Crippen LogP contribution is -2.31. The average Bonchev–Trinajstić information content (AvgIpc) is 2.42. The average molecular weight is 296 g/mol. The third kappa shape index (κ3) is 4.71. The monoisotopic (exact) mass is 296 g/mol. The Morgan fingerprint density at radius 2 is 2.14 bits per heavy atom. The number of aromatic carboxylic acids is 1. The quantitative estimate of drug-likeness (QED) is 0.565. The first-order chi connectivity index (χ1) is 9.86. The fourth-order valence-electron chi connectivity index (χ4n) is 1.78. The number of carboxylic acids is 1. The van der Waals surface area contributed by atoms with Crippen LogP contribution in [-0.2, 0) is 4.74 Å². The Labute approximate surface area is 123 Å². The van der Waals surface area contributed by atoms with Crippen LogP contribution in [0, 0.1) is 16.0 Å². The highest BCUT2D eigenvalue weighted by Crippen LogP contribution is 2.27. The Hall–Kier alpha value is -2.15. The molecule has 1 aromatic carbocycles. The minimum absolute atomic E-state index is 0.0978. The molecule has 0 heterocycles. The molecule has 0 aliphatic heterocycles. The van der Waals surface area contributed by atoms with Gasteiger partial charge in [-0.05, 0) is 25.0 Å². The second-order valence-electron chi connectivity index (χ2n) is 4.95. The molecule has 1 unspecified atom stereocenters. The molecular weight excluding hydrogens is 276 g/mol. The van der Waals surface area contributed by atoms with Gasteiger partial charge in [-0.3, -0.25) is 10.1 Å². The van der Waals surface area contributed by atoms with E-state index in [0.29, 0.717) is 18.9 Å². The second kappa shape index (κ2) is 7.58. The molecule has 0 amide bonds. The molecule has 0 aromatic heterocycles. The van der Waals surface area contributed by atoms with E-state index in [4.69, 9.17) is 9.84 Å². The van der Waals surface area contributed by atoms with Crippen molar-refractivity contribution in [3.8, 4) is 0 Å². The number of hydrogen-bond acceptors (Lipinski definition) is 5. The van der Waals surface area contributed by atoms with Gasteiger partial charge in [-0.1, -0.05) is 13.8 Å².